The van der Waals surface area contributed by atoms with Gasteiger partial charge in [-0.15, -0.1) is 0 Å². The summed E-state index contributed by atoms with van der Waals surface area (Å²) in [4.78, 5) is 11.6. The summed E-state index contributed by atoms with van der Waals surface area (Å²) in [5.74, 6) is 3.90. The normalized spacial score (nSPS) is 28.5. The van der Waals surface area contributed by atoms with Gasteiger partial charge in [-0.2, -0.15) is 10.1 Å². The van der Waals surface area contributed by atoms with Gasteiger partial charge in [0.25, 0.3) is 0 Å². The van der Waals surface area contributed by atoms with Gasteiger partial charge in [-0.1, -0.05) is 0 Å². The zero-order valence-corrected chi connectivity index (χ0v) is 13.9. The summed E-state index contributed by atoms with van der Waals surface area (Å²) in [5.41, 5.74) is 1.22. The van der Waals surface area contributed by atoms with Crippen molar-refractivity contribution < 1.29 is 0 Å². The van der Waals surface area contributed by atoms with Crippen LogP contribution >= 0.6 is 0 Å². The molecule has 0 radical (unpaired) electrons. The highest BCUT2D eigenvalue weighted by Crippen LogP contribution is 2.40. The fourth-order valence-corrected chi connectivity index (χ4v) is 4.26. The molecule has 2 aromatic heterocycles. The van der Waals surface area contributed by atoms with Crippen molar-refractivity contribution in [3.05, 3.63) is 24.0 Å². The van der Waals surface area contributed by atoms with Gasteiger partial charge in [-0.05, 0) is 44.7 Å². The zero-order valence-electron chi connectivity index (χ0n) is 13.9. The predicted molar refractivity (Wildman–Crippen MR) is 92.6 cm³/mol. The van der Waals surface area contributed by atoms with E-state index in [1.165, 1.54) is 31.4 Å². The van der Waals surface area contributed by atoms with E-state index in [2.05, 4.69) is 43.8 Å². The van der Waals surface area contributed by atoms with Crippen molar-refractivity contribution in [2.24, 2.45) is 5.92 Å². The largest absolute Gasteiger partial charge is 0.336 e. The maximum absolute atomic E-state index is 4.73. The molecular formula is C17H23N7. The Kier molecular flexibility index (Phi) is 3.22. The van der Waals surface area contributed by atoms with Crippen LogP contribution in [0.25, 0.3) is 0 Å². The predicted octanol–water partition coefficient (Wildman–Crippen LogP) is 2.01. The quantitative estimate of drug-likeness (QED) is 0.780. The first-order valence-electron chi connectivity index (χ1n) is 8.89. The number of aromatic nitrogens is 4. The third-order valence-corrected chi connectivity index (χ3v) is 5.62. The highest BCUT2D eigenvalue weighted by atomic mass is 15.3. The van der Waals surface area contributed by atoms with Gasteiger partial charge in [0, 0.05) is 42.5 Å². The first-order valence-corrected chi connectivity index (χ1v) is 8.89. The Morgan fingerprint density at radius 3 is 2.96 bits per heavy atom. The lowest BCUT2D eigenvalue weighted by Gasteiger charge is -2.33. The Morgan fingerprint density at radius 2 is 2.17 bits per heavy atom. The molecule has 1 aliphatic heterocycles. The molecule has 126 valence electrons. The SMILES string of the molecule is CN[C@H]1CC2C[C@H]1N(c1nccc(Nc3cc(C4CC4)[nH]n3)n1)C2. The number of hydrogen-bond donors (Lipinski definition) is 3. The number of aromatic amines is 1. The van der Waals surface area contributed by atoms with Crippen LogP contribution in [-0.4, -0.2) is 45.8 Å². The molecule has 0 amide bonds. The van der Waals surface area contributed by atoms with Gasteiger partial charge in [0.2, 0.25) is 5.95 Å². The third kappa shape index (κ3) is 2.43. The van der Waals surface area contributed by atoms with Crippen molar-refractivity contribution in [2.75, 3.05) is 23.8 Å². The molecule has 0 aromatic carbocycles. The summed E-state index contributed by atoms with van der Waals surface area (Å²) in [5, 5.41) is 14.2. The number of fused-ring (bicyclic) bond motifs is 2. The van der Waals surface area contributed by atoms with Crippen molar-refractivity contribution in [3.8, 4) is 0 Å². The summed E-state index contributed by atoms with van der Waals surface area (Å²) in [7, 11) is 2.05. The second-order valence-corrected chi connectivity index (χ2v) is 7.30. The second kappa shape index (κ2) is 5.44. The maximum Gasteiger partial charge on any atom is 0.227 e. The Morgan fingerprint density at radius 1 is 1.25 bits per heavy atom. The molecule has 1 saturated heterocycles. The Bertz CT molecular complexity index is 738. The topological polar surface area (TPSA) is 81.8 Å². The molecule has 2 aliphatic carbocycles. The lowest BCUT2D eigenvalue weighted by molar-refractivity contribution is 0.435. The van der Waals surface area contributed by atoms with E-state index in [0.717, 1.165) is 30.0 Å². The molecule has 24 heavy (non-hydrogen) atoms. The number of nitrogens with zero attached hydrogens (tertiary/aromatic N) is 4. The van der Waals surface area contributed by atoms with Gasteiger partial charge in [-0.25, -0.2) is 4.98 Å². The van der Waals surface area contributed by atoms with E-state index in [0.29, 0.717) is 18.0 Å². The van der Waals surface area contributed by atoms with Gasteiger partial charge in [0.15, 0.2) is 5.82 Å². The molecule has 7 nitrogen and oxygen atoms in total. The van der Waals surface area contributed by atoms with Crippen molar-refractivity contribution in [1.29, 1.82) is 0 Å². The van der Waals surface area contributed by atoms with Gasteiger partial charge in [-0.3, -0.25) is 5.10 Å². The van der Waals surface area contributed by atoms with Crippen molar-refractivity contribution >= 4 is 17.6 Å². The Hall–Kier alpha value is -2.15. The number of H-pyrrole nitrogens is 1. The molecule has 3 fully saturated rings. The van der Waals surface area contributed by atoms with Crippen LogP contribution in [0.1, 0.15) is 37.3 Å². The van der Waals surface area contributed by atoms with Crippen LogP contribution in [-0.2, 0) is 0 Å². The maximum atomic E-state index is 4.73. The lowest BCUT2D eigenvalue weighted by atomic mass is 10.1. The third-order valence-electron chi connectivity index (χ3n) is 5.62. The average molecular weight is 325 g/mol. The van der Waals surface area contributed by atoms with Crippen LogP contribution in [0.15, 0.2) is 18.3 Å². The van der Waals surface area contributed by atoms with Gasteiger partial charge in [0.1, 0.15) is 5.82 Å². The van der Waals surface area contributed by atoms with Crippen LogP contribution in [0.2, 0.25) is 0 Å². The van der Waals surface area contributed by atoms with Crippen LogP contribution in [0, 0.1) is 5.92 Å². The van der Waals surface area contributed by atoms with Crippen molar-refractivity contribution in [2.45, 2.75) is 43.7 Å². The number of rotatable bonds is 5. The van der Waals surface area contributed by atoms with E-state index in [4.69, 9.17) is 4.98 Å². The summed E-state index contributed by atoms with van der Waals surface area (Å²) < 4.78 is 0. The van der Waals surface area contributed by atoms with E-state index in [-0.39, 0.29) is 0 Å². The highest BCUT2D eigenvalue weighted by molar-refractivity contribution is 5.54. The molecule has 2 aromatic rings. The number of piperidine rings is 1. The first kappa shape index (κ1) is 14.2. The molecular weight excluding hydrogens is 302 g/mol. The fourth-order valence-electron chi connectivity index (χ4n) is 4.26. The Balaban J connectivity index is 1.34. The van der Waals surface area contributed by atoms with E-state index in [9.17, 15) is 0 Å². The summed E-state index contributed by atoms with van der Waals surface area (Å²) in [6.45, 7) is 1.07. The minimum atomic E-state index is 0.516. The summed E-state index contributed by atoms with van der Waals surface area (Å²) >= 11 is 0. The molecule has 7 heteroatoms. The van der Waals surface area contributed by atoms with E-state index >= 15 is 0 Å². The minimum Gasteiger partial charge on any atom is -0.336 e. The number of nitrogens with one attached hydrogen (secondary N) is 3. The number of hydrogen-bond acceptors (Lipinski definition) is 6. The molecule has 3 heterocycles. The van der Waals surface area contributed by atoms with E-state index in [1.807, 2.05) is 12.3 Å². The van der Waals surface area contributed by atoms with Crippen LogP contribution in [0.4, 0.5) is 17.6 Å². The van der Waals surface area contributed by atoms with Crippen LogP contribution < -0.4 is 15.5 Å². The molecule has 5 rings (SSSR count). The van der Waals surface area contributed by atoms with E-state index < -0.39 is 0 Å². The standard InChI is InChI=1S/C17H23N7/c1-18-13-6-10-7-14(13)24(9-10)17-19-5-4-15(21-17)20-16-8-12(22-23-16)11-2-3-11/h4-5,8,10-11,13-14,18H,2-3,6-7,9H2,1H3,(H2,19,20,21,22,23)/t10?,13-,14+/m0/s1. The number of likely N-dealkylation sites (N-methyl/N-ethyl adjacent to an activating group) is 1. The average Bonchev–Trinajstić information content (AvgIpc) is 3.05. The summed E-state index contributed by atoms with van der Waals surface area (Å²) in [6.07, 6.45) is 6.88. The minimum absolute atomic E-state index is 0.516. The Labute approximate surface area is 141 Å². The molecule has 3 N–H and O–H groups in total. The molecule has 3 atom stereocenters. The van der Waals surface area contributed by atoms with Crippen LogP contribution in [0.5, 0.6) is 0 Å². The lowest BCUT2D eigenvalue weighted by Crippen LogP contribution is -2.47. The molecule has 3 aliphatic rings. The first-order chi connectivity index (χ1) is 11.8. The van der Waals surface area contributed by atoms with Gasteiger partial charge in [0.05, 0.1) is 0 Å². The van der Waals surface area contributed by atoms with E-state index in [1.54, 1.807) is 0 Å². The smallest absolute Gasteiger partial charge is 0.227 e. The fraction of sp³-hybridized carbons (Fsp3) is 0.588. The van der Waals surface area contributed by atoms with Crippen LogP contribution in [0.3, 0.4) is 0 Å². The highest BCUT2D eigenvalue weighted by Gasteiger charge is 2.45. The monoisotopic (exact) mass is 325 g/mol. The summed E-state index contributed by atoms with van der Waals surface area (Å²) in [6, 6.07) is 5.06. The molecule has 0 spiro atoms. The van der Waals surface area contributed by atoms with Gasteiger partial charge < -0.3 is 15.5 Å². The van der Waals surface area contributed by atoms with Gasteiger partial charge >= 0.3 is 0 Å². The van der Waals surface area contributed by atoms with Crippen molar-refractivity contribution in [1.82, 2.24) is 25.5 Å². The molecule has 1 unspecified atom stereocenters. The number of anilines is 3. The zero-order chi connectivity index (χ0) is 16.1. The molecule has 2 bridgehead atoms. The van der Waals surface area contributed by atoms with Crippen molar-refractivity contribution in [3.63, 3.8) is 0 Å². The molecule has 2 saturated carbocycles. The second-order valence-electron chi connectivity index (χ2n) is 7.30.